The quantitative estimate of drug-likeness (QED) is 0.734. The van der Waals surface area contributed by atoms with Crippen LogP contribution in [0.5, 0.6) is 0 Å². The lowest BCUT2D eigenvalue weighted by Crippen LogP contribution is -2.28. The molecule has 0 bridgehead atoms. The van der Waals surface area contributed by atoms with Crippen LogP contribution in [0.2, 0.25) is 0 Å². The first-order valence-electron chi connectivity index (χ1n) is 9.13. The summed E-state index contributed by atoms with van der Waals surface area (Å²) in [5.41, 5.74) is 2.21. The number of rotatable bonds is 4. The molecular formula is C20H19FN6O2. The van der Waals surface area contributed by atoms with Gasteiger partial charge in [-0.3, -0.25) is 9.59 Å². The fraction of sp³-hybridized carbons (Fsp3) is 0.250. The second-order valence-corrected chi connectivity index (χ2v) is 6.97. The van der Waals surface area contributed by atoms with Gasteiger partial charge in [0.2, 0.25) is 11.8 Å². The number of amides is 2. The van der Waals surface area contributed by atoms with Crippen LogP contribution in [0.3, 0.4) is 0 Å². The zero-order chi connectivity index (χ0) is 20.5. The highest BCUT2D eigenvalue weighted by Gasteiger charge is 2.35. The molecule has 1 aromatic carbocycles. The van der Waals surface area contributed by atoms with E-state index in [0.717, 1.165) is 11.4 Å². The van der Waals surface area contributed by atoms with Gasteiger partial charge in [-0.25, -0.2) is 19.0 Å². The molecule has 29 heavy (non-hydrogen) atoms. The lowest BCUT2D eigenvalue weighted by atomic mass is 10.1. The maximum atomic E-state index is 13.5. The van der Waals surface area contributed by atoms with Gasteiger partial charge in [-0.15, -0.1) is 0 Å². The van der Waals surface area contributed by atoms with Crippen LogP contribution in [0, 0.1) is 25.6 Å². The fourth-order valence-corrected chi connectivity index (χ4v) is 3.40. The molecule has 1 saturated heterocycles. The van der Waals surface area contributed by atoms with Gasteiger partial charge in [-0.2, -0.15) is 5.10 Å². The molecule has 4 rings (SSSR count). The van der Waals surface area contributed by atoms with Gasteiger partial charge in [-0.05, 0) is 38.1 Å². The van der Waals surface area contributed by atoms with Gasteiger partial charge in [0.25, 0.3) is 0 Å². The number of benzene rings is 1. The summed E-state index contributed by atoms with van der Waals surface area (Å²) in [5, 5.41) is 7.11. The highest BCUT2D eigenvalue weighted by atomic mass is 19.1. The minimum absolute atomic E-state index is 0.0533. The van der Waals surface area contributed by atoms with Crippen molar-refractivity contribution < 1.29 is 14.0 Å². The van der Waals surface area contributed by atoms with Gasteiger partial charge in [-0.1, -0.05) is 6.07 Å². The standard InChI is InChI=1S/C20H19FN6O2/c1-12-6-13(2)27(25-12)18-9-17(22-11-23-18)24-20(29)14-7-19(28)26(10-14)16-5-3-4-15(21)8-16/h3-6,8-9,11,14H,7,10H2,1-2H3,(H,22,23,24,29)/t14-/m1/s1. The normalized spacial score (nSPS) is 16.3. The molecule has 1 fully saturated rings. The molecule has 2 amide bonds. The summed E-state index contributed by atoms with van der Waals surface area (Å²) < 4.78 is 15.1. The van der Waals surface area contributed by atoms with E-state index in [1.807, 2.05) is 19.9 Å². The SMILES string of the molecule is Cc1cc(C)n(-c2cc(NC(=O)[C@@H]3CC(=O)N(c4cccc(F)c4)C3)ncn2)n1. The number of nitrogens with zero attached hydrogens (tertiary/aromatic N) is 5. The van der Waals surface area contributed by atoms with E-state index in [4.69, 9.17) is 0 Å². The number of aromatic nitrogens is 4. The van der Waals surface area contributed by atoms with Crippen molar-refractivity contribution in [3.63, 3.8) is 0 Å². The highest BCUT2D eigenvalue weighted by molar-refractivity contribution is 6.03. The van der Waals surface area contributed by atoms with Gasteiger partial charge in [0.05, 0.1) is 11.6 Å². The number of hydrogen-bond donors (Lipinski definition) is 1. The Morgan fingerprint density at radius 2 is 2.03 bits per heavy atom. The molecule has 3 heterocycles. The molecule has 0 radical (unpaired) electrons. The predicted molar refractivity (Wildman–Crippen MR) is 104 cm³/mol. The summed E-state index contributed by atoms with van der Waals surface area (Å²) in [5.74, 6) is -0.676. The Hall–Kier alpha value is -3.62. The summed E-state index contributed by atoms with van der Waals surface area (Å²) in [6.07, 6.45) is 1.40. The van der Waals surface area contributed by atoms with Crippen molar-refractivity contribution in [3.8, 4) is 5.82 Å². The lowest BCUT2D eigenvalue weighted by molar-refractivity contribution is -0.122. The first kappa shape index (κ1) is 18.7. The number of aryl methyl sites for hydroxylation is 2. The molecule has 0 aliphatic carbocycles. The Labute approximate surface area is 166 Å². The van der Waals surface area contributed by atoms with Crippen molar-refractivity contribution in [1.82, 2.24) is 19.7 Å². The smallest absolute Gasteiger partial charge is 0.230 e. The van der Waals surface area contributed by atoms with Crippen LogP contribution < -0.4 is 10.2 Å². The van der Waals surface area contributed by atoms with Crippen molar-refractivity contribution in [1.29, 1.82) is 0 Å². The molecule has 1 aliphatic rings. The third kappa shape index (κ3) is 3.84. The zero-order valence-corrected chi connectivity index (χ0v) is 16.0. The Kier molecular flexibility index (Phi) is 4.79. The van der Waals surface area contributed by atoms with E-state index < -0.39 is 11.7 Å². The van der Waals surface area contributed by atoms with Crippen molar-refractivity contribution in [3.05, 3.63) is 59.9 Å². The minimum atomic E-state index is -0.558. The first-order valence-corrected chi connectivity index (χ1v) is 9.13. The monoisotopic (exact) mass is 394 g/mol. The van der Waals surface area contributed by atoms with E-state index in [1.165, 1.54) is 29.4 Å². The molecule has 2 aromatic heterocycles. The molecule has 1 atom stereocenters. The third-order valence-electron chi connectivity index (χ3n) is 4.75. The van der Waals surface area contributed by atoms with E-state index in [9.17, 15) is 14.0 Å². The number of anilines is 2. The molecule has 0 saturated carbocycles. The van der Waals surface area contributed by atoms with Crippen molar-refractivity contribution in [2.24, 2.45) is 5.92 Å². The van der Waals surface area contributed by atoms with Gasteiger partial charge in [0.1, 0.15) is 18.0 Å². The molecular weight excluding hydrogens is 375 g/mol. The van der Waals surface area contributed by atoms with Crippen LogP contribution in [-0.2, 0) is 9.59 Å². The molecule has 1 aliphatic heterocycles. The topological polar surface area (TPSA) is 93.0 Å². The molecule has 1 N–H and O–H groups in total. The van der Waals surface area contributed by atoms with Gasteiger partial charge in [0, 0.05) is 30.4 Å². The van der Waals surface area contributed by atoms with E-state index in [1.54, 1.807) is 16.8 Å². The second kappa shape index (κ2) is 7.42. The summed E-state index contributed by atoms with van der Waals surface area (Å²) >= 11 is 0. The maximum Gasteiger partial charge on any atom is 0.230 e. The third-order valence-corrected chi connectivity index (χ3v) is 4.75. The molecule has 148 valence electrons. The number of hydrogen-bond acceptors (Lipinski definition) is 5. The number of carbonyl (C=O) groups excluding carboxylic acids is 2. The van der Waals surface area contributed by atoms with Crippen LogP contribution in [0.25, 0.3) is 5.82 Å². The Balaban J connectivity index is 1.48. The first-order chi connectivity index (χ1) is 13.9. The van der Waals surface area contributed by atoms with Crippen LogP contribution in [0.1, 0.15) is 17.8 Å². The molecule has 8 nitrogen and oxygen atoms in total. The van der Waals surface area contributed by atoms with Crippen molar-refractivity contribution in [2.75, 3.05) is 16.8 Å². The summed E-state index contributed by atoms with van der Waals surface area (Å²) in [7, 11) is 0. The largest absolute Gasteiger partial charge is 0.311 e. The fourth-order valence-electron chi connectivity index (χ4n) is 3.40. The Bertz CT molecular complexity index is 1100. The van der Waals surface area contributed by atoms with E-state index in [-0.39, 0.29) is 24.8 Å². The highest BCUT2D eigenvalue weighted by Crippen LogP contribution is 2.26. The number of nitrogens with one attached hydrogen (secondary N) is 1. The average molecular weight is 394 g/mol. The number of halogens is 1. The zero-order valence-electron chi connectivity index (χ0n) is 16.0. The minimum Gasteiger partial charge on any atom is -0.311 e. The van der Waals surface area contributed by atoms with Gasteiger partial charge >= 0.3 is 0 Å². The Morgan fingerprint density at radius 1 is 1.21 bits per heavy atom. The van der Waals surface area contributed by atoms with Crippen LogP contribution in [-0.4, -0.2) is 38.1 Å². The average Bonchev–Trinajstić information content (AvgIpc) is 3.24. The van der Waals surface area contributed by atoms with E-state index in [0.29, 0.717) is 17.3 Å². The van der Waals surface area contributed by atoms with Crippen LogP contribution in [0.15, 0.2) is 42.7 Å². The lowest BCUT2D eigenvalue weighted by Gasteiger charge is -2.16. The molecule has 9 heteroatoms. The van der Waals surface area contributed by atoms with Gasteiger partial charge < -0.3 is 10.2 Å². The summed E-state index contributed by atoms with van der Waals surface area (Å²) in [4.78, 5) is 34.7. The molecule has 3 aromatic rings. The van der Waals surface area contributed by atoms with E-state index in [2.05, 4.69) is 20.4 Å². The van der Waals surface area contributed by atoms with Crippen LogP contribution in [0.4, 0.5) is 15.9 Å². The summed E-state index contributed by atoms with van der Waals surface area (Å²) in [6, 6.07) is 9.32. The van der Waals surface area contributed by atoms with Crippen molar-refractivity contribution in [2.45, 2.75) is 20.3 Å². The molecule has 0 unspecified atom stereocenters. The van der Waals surface area contributed by atoms with Crippen LogP contribution >= 0.6 is 0 Å². The Morgan fingerprint density at radius 3 is 2.76 bits per heavy atom. The van der Waals surface area contributed by atoms with Gasteiger partial charge in [0.15, 0.2) is 5.82 Å². The number of carbonyl (C=O) groups is 2. The predicted octanol–water partition coefficient (Wildman–Crippen LogP) is 2.41. The maximum absolute atomic E-state index is 13.5. The summed E-state index contributed by atoms with van der Waals surface area (Å²) in [6.45, 7) is 3.98. The second-order valence-electron chi connectivity index (χ2n) is 6.97. The van der Waals surface area contributed by atoms with E-state index >= 15 is 0 Å². The van der Waals surface area contributed by atoms with Crippen molar-refractivity contribution >= 4 is 23.3 Å². The molecule has 0 spiro atoms.